The number of nitrogens with zero attached hydrogens (tertiary/aromatic N) is 1. The Kier molecular flexibility index (Phi) is 5.19. The van der Waals surface area contributed by atoms with E-state index in [2.05, 4.69) is 26.8 Å². The molecule has 0 atom stereocenters. The molecule has 0 aliphatic carbocycles. The summed E-state index contributed by atoms with van der Waals surface area (Å²) < 4.78 is 6.09. The van der Waals surface area contributed by atoms with Gasteiger partial charge >= 0.3 is 0 Å². The lowest BCUT2D eigenvalue weighted by molar-refractivity contribution is -0.115. The molecular formula is C23H21NO2S3. The molecule has 3 nitrogen and oxygen atoms in total. The van der Waals surface area contributed by atoms with Gasteiger partial charge in [-0.3, -0.25) is 9.69 Å². The number of aryl methyl sites for hydroxylation is 1. The van der Waals surface area contributed by atoms with E-state index in [1.807, 2.05) is 47.4 Å². The Hall–Kier alpha value is -2.28. The van der Waals surface area contributed by atoms with Crippen LogP contribution < -0.4 is 9.64 Å². The quantitative estimate of drug-likeness (QED) is 0.255. The topological polar surface area (TPSA) is 29.5 Å². The van der Waals surface area contributed by atoms with Gasteiger partial charge in [0.05, 0.1) is 23.2 Å². The second-order valence-corrected chi connectivity index (χ2v) is 10.3. The van der Waals surface area contributed by atoms with Crippen molar-refractivity contribution < 1.29 is 9.53 Å². The number of anilines is 1. The molecule has 0 N–H and O–H groups in total. The SMILES string of the molecule is COc1ccc(C=CC(=O)N2c3ccc(C)cc3-c3c(ssc3=S)C2(C)C)cc1. The summed E-state index contributed by atoms with van der Waals surface area (Å²) in [5.41, 5.74) is 4.70. The first-order valence-electron chi connectivity index (χ1n) is 9.24. The van der Waals surface area contributed by atoms with Crippen molar-refractivity contribution in [2.75, 3.05) is 12.0 Å². The average molecular weight is 440 g/mol. The first kappa shape index (κ1) is 20.0. The highest BCUT2D eigenvalue weighted by Gasteiger charge is 2.42. The predicted octanol–water partition coefficient (Wildman–Crippen LogP) is 6.82. The minimum atomic E-state index is -0.475. The maximum Gasteiger partial charge on any atom is 0.251 e. The fourth-order valence-corrected chi connectivity index (χ4v) is 6.98. The van der Waals surface area contributed by atoms with E-state index >= 15 is 0 Å². The van der Waals surface area contributed by atoms with Crippen molar-refractivity contribution >= 4 is 50.6 Å². The van der Waals surface area contributed by atoms with Gasteiger partial charge < -0.3 is 4.74 Å². The number of amides is 1. The van der Waals surface area contributed by atoms with Crippen LogP contribution in [0.3, 0.4) is 0 Å². The number of rotatable bonds is 3. The molecule has 0 saturated carbocycles. The van der Waals surface area contributed by atoms with Crippen molar-refractivity contribution in [2.45, 2.75) is 26.3 Å². The van der Waals surface area contributed by atoms with Crippen LogP contribution in [0.15, 0.2) is 48.5 Å². The zero-order valence-electron chi connectivity index (χ0n) is 16.7. The summed E-state index contributed by atoms with van der Waals surface area (Å²) in [6.07, 6.45) is 3.49. The van der Waals surface area contributed by atoms with E-state index in [1.165, 1.54) is 0 Å². The van der Waals surface area contributed by atoms with Crippen molar-refractivity contribution in [1.82, 2.24) is 0 Å². The van der Waals surface area contributed by atoms with Gasteiger partial charge in [-0.2, -0.15) is 0 Å². The number of carbonyl (C=O) groups is 1. The van der Waals surface area contributed by atoms with Crippen molar-refractivity contribution in [2.24, 2.45) is 0 Å². The predicted molar refractivity (Wildman–Crippen MR) is 126 cm³/mol. The summed E-state index contributed by atoms with van der Waals surface area (Å²) in [5.74, 6) is 0.743. The van der Waals surface area contributed by atoms with E-state index < -0.39 is 5.54 Å². The number of methoxy groups -OCH3 is 1. The van der Waals surface area contributed by atoms with Gasteiger partial charge in [-0.1, -0.05) is 56.7 Å². The van der Waals surface area contributed by atoms with Gasteiger partial charge in [0.25, 0.3) is 5.91 Å². The molecule has 1 amide bonds. The molecule has 0 bridgehead atoms. The van der Waals surface area contributed by atoms with E-state index in [0.29, 0.717) is 0 Å². The summed E-state index contributed by atoms with van der Waals surface area (Å²) in [5, 5.41) is 0. The molecule has 0 unspecified atom stereocenters. The summed E-state index contributed by atoms with van der Waals surface area (Å²) in [6.45, 7) is 6.24. The Labute approximate surface area is 183 Å². The molecule has 148 valence electrons. The summed E-state index contributed by atoms with van der Waals surface area (Å²) in [6, 6.07) is 13.9. The van der Waals surface area contributed by atoms with E-state index in [0.717, 1.165) is 42.4 Å². The highest BCUT2D eigenvalue weighted by Crippen LogP contribution is 2.52. The first-order chi connectivity index (χ1) is 13.8. The molecule has 6 heteroatoms. The number of benzene rings is 2. The van der Waals surface area contributed by atoms with Gasteiger partial charge in [0.2, 0.25) is 0 Å². The Morgan fingerprint density at radius 1 is 1.14 bits per heavy atom. The van der Waals surface area contributed by atoms with Gasteiger partial charge in [0.15, 0.2) is 0 Å². The molecule has 1 aliphatic rings. The second kappa shape index (κ2) is 7.52. The van der Waals surface area contributed by atoms with Crippen LogP contribution in [0.5, 0.6) is 5.75 Å². The van der Waals surface area contributed by atoms with E-state index in [1.54, 1.807) is 33.9 Å². The van der Waals surface area contributed by atoms with Gasteiger partial charge in [-0.25, -0.2) is 0 Å². The fraction of sp³-hybridized carbons (Fsp3) is 0.217. The number of hydrogen-bond acceptors (Lipinski definition) is 5. The summed E-state index contributed by atoms with van der Waals surface area (Å²) in [4.78, 5) is 16.4. The molecular weight excluding hydrogens is 418 g/mol. The van der Waals surface area contributed by atoms with Crippen molar-refractivity contribution in [3.63, 3.8) is 0 Å². The minimum absolute atomic E-state index is 0.0501. The molecule has 2 heterocycles. The minimum Gasteiger partial charge on any atom is -0.497 e. The lowest BCUT2D eigenvalue weighted by atomic mass is 9.86. The molecule has 4 rings (SSSR count). The van der Waals surface area contributed by atoms with Crippen LogP contribution in [0.1, 0.15) is 29.9 Å². The molecule has 0 radical (unpaired) electrons. The van der Waals surface area contributed by atoms with Crippen LogP contribution in [0.4, 0.5) is 5.69 Å². The number of carbonyl (C=O) groups excluding carboxylic acids is 1. The molecule has 29 heavy (non-hydrogen) atoms. The molecule has 0 saturated heterocycles. The maximum atomic E-state index is 13.4. The smallest absolute Gasteiger partial charge is 0.251 e. The van der Waals surface area contributed by atoms with Crippen LogP contribution in [-0.2, 0) is 10.3 Å². The Balaban J connectivity index is 1.77. The zero-order chi connectivity index (χ0) is 20.8. The fourth-order valence-electron chi connectivity index (χ4n) is 3.69. The summed E-state index contributed by atoms with van der Waals surface area (Å²) in [7, 11) is 4.92. The van der Waals surface area contributed by atoms with Crippen molar-refractivity contribution in [3.8, 4) is 16.9 Å². The normalized spacial score (nSPS) is 14.6. The van der Waals surface area contributed by atoms with Crippen LogP contribution in [0.25, 0.3) is 17.2 Å². The van der Waals surface area contributed by atoms with Gasteiger partial charge in [-0.15, -0.1) is 0 Å². The number of fused-ring (bicyclic) bond motifs is 3. The van der Waals surface area contributed by atoms with Crippen LogP contribution in [0, 0.1) is 10.7 Å². The third kappa shape index (κ3) is 3.45. The lowest BCUT2D eigenvalue weighted by Crippen LogP contribution is -2.47. The molecule has 0 fully saturated rings. The molecule has 0 spiro atoms. The number of ether oxygens (including phenoxy) is 1. The van der Waals surface area contributed by atoms with Crippen LogP contribution >= 0.6 is 32.9 Å². The van der Waals surface area contributed by atoms with Gasteiger partial charge in [-0.05, 0) is 56.7 Å². The third-order valence-electron chi connectivity index (χ3n) is 5.16. The molecule has 1 aromatic heterocycles. The standard InChI is InChI=1S/C23H21NO2S3/c1-14-5-11-18-17(13-14)20-21(28-29-22(20)27)23(2,3)24(18)19(25)12-8-15-6-9-16(26-4)10-7-15/h5-13H,1-4H3. The third-order valence-corrected chi connectivity index (χ3v) is 8.49. The monoisotopic (exact) mass is 439 g/mol. The van der Waals surface area contributed by atoms with E-state index in [9.17, 15) is 4.79 Å². The van der Waals surface area contributed by atoms with Crippen LogP contribution in [0.2, 0.25) is 0 Å². The van der Waals surface area contributed by atoms with Crippen molar-refractivity contribution in [1.29, 1.82) is 0 Å². The Morgan fingerprint density at radius 3 is 2.55 bits per heavy atom. The van der Waals surface area contributed by atoms with Gasteiger partial charge in [0.1, 0.15) is 9.57 Å². The first-order valence-corrected chi connectivity index (χ1v) is 11.8. The lowest BCUT2D eigenvalue weighted by Gasteiger charge is -2.42. The molecule has 2 aromatic carbocycles. The molecule has 1 aliphatic heterocycles. The van der Waals surface area contributed by atoms with Crippen molar-refractivity contribution in [3.05, 3.63) is 68.4 Å². The largest absolute Gasteiger partial charge is 0.497 e. The Bertz CT molecular complexity index is 1170. The van der Waals surface area contributed by atoms with Gasteiger partial charge in [0, 0.05) is 17.2 Å². The average Bonchev–Trinajstić information content (AvgIpc) is 3.10. The number of hydrogen-bond donors (Lipinski definition) is 0. The maximum absolute atomic E-state index is 13.4. The van der Waals surface area contributed by atoms with E-state index in [-0.39, 0.29) is 5.91 Å². The van der Waals surface area contributed by atoms with E-state index in [4.69, 9.17) is 17.0 Å². The van der Waals surface area contributed by atoms with Crippen LogP contribution in [-0.4, -0.2) is 13.0 Å². The highest BCUT2D eigenvalue weighted by atomic mass is 32.9. The molecule has 3 aromatic rings. The summed E-state index contributed by atoms with van der Waals surface area (Å²) >= 11 is 5.64. The zero-order valence-corrected chi connectivity index (χ0v) is 19.1. The Morgan fingerprint density at radius 2 is 1.86 bits per heavy atom. The second-order valence-electron chi connectivity index (χ2n) is 7.52. The highest BCUT2D eigenvalue weighted by molar-refractivity contribution is 7.80.